The Hall–Kier alpha value is -4.71. The van der Waals surface area contributed by atoms with E-state index in [1.165, 1.54) is 34.6 Å². The number of nitrogens with zero attached hydrogens (tertiary/aromatic N) is 3. The SMILES string of the molecule is COC(=O)N1C=C(C2N(C)[C@@H](c3ccccc3)[C@H](c3ccccc3)N2C)[C@H](c2cccc3ccccc23)c2ccccc21. The Morgan fingerprint density at radius 3 is 1.81 bits per heavy atom. The van der Waals surface area contributed by atoms with E-state index in [4.69, 9.17) is 4.74 Å². The predicted octanol–water partition coefficient (Wildman–Crippen LogP) is 8.13. The Morgan fingerprint density at radius 2 is 1.16 bits per heavy atom. The minimum Gasteiger partial charge on any atom is -0.452 e. The van der Waals surface area contributed by atoms with Crippen LogP contribution in [0, 0.1) is 0 Å². The van der Waals surface area contributed by atoms with Crippen molar-refractivity contribution in [3.05, 3.63) is 161 Å². The predicted molar refractivity (Wildman–Crippen MR) is 173 cm³/mol. The number of likely N-dealkylation sites (N-methyl/N-ethyl adjacent to an activating group) is 2. The van der Waals surface area contributed by atoms with Crippen molar-refractivity contribution in [2.45, 2.75) is 24.2 Å². The van der Waals surface area contributed by atoms with Crippen molar-refractivity contribution < 1.29 is 9.53 Å². The maximum Gasteiger partial charge on any atom is 0.418 e. The summed E-state index contributed by atoms with van der Waals surface area (Å²) in [5.41, 5.74) is 6.81. The number of fused-ring (bicyclic) bond motifs is 2. The van der Waals surface area contributed by atoms with Crippen LogP contribution >= 0.6 is 0 Å². The zero-order chi connectivity index (χ0) is 29.5. The van der Waals surface area contributed by atoms with Crippen molar-refractivity contribution in [1.82, 2.24) is 9.80 Å². The van der Waals surface area contributed by atoms with E-state index in [1.807, 2.05) is 18.3 Å². The summed E-state index contributed by atoms with van der Waals surface area (Å²) in [6.45, 7) is 0. The third-order valence-corrected chi connectivity index (χ3v) is 9.15. The number of para-hydroxylation sites is 1. The van der Waals surface area contributed by atoms with E-state index in [1.54, 1.807) is 4.90 Å². The normalized spacial score (nSPS) is 21.0. The standard InChI is InChI=1S/C38H35N3O2/c1-39-35(27-16-6-4-7-17-27)36(28-18-8-5-9-19-28)40(2)37(39)32-25-41(38(42)43-3)33-24-13-12-22-31(33)34(32)30-23-14-20-26-15-10-11-21-29(26)30/h4-25,34-37H,1-3H3/t34-,35+,36+/m1/s1. The van der Waals surface area contributed by atoms with Gasteiger partial charge in [-0.15, -0.1) is 0 Å². The minimum absolute atomic E-state index is 0.0796. The Morgan fingerprint density at radius 1 is 0.628 bits per heavy atom. The quantitative estimate of drug-likeness (QED) is 0.220. The summed E-state index contributed by atoms with van der Waals surface area (Å²) in [4.78, 5) is 19.9. The number of methoxy groups -OCH3 is 1. The Labute approximate surface area is 253 Å². The van der Waals surface area contributed by atoms with Gasteiger partial charge in [-0.3, -0.25) is 14.7 Å². The molecule has 0 bridgehead atoms. The summed E-state index contributed by atoms with van der Waals surface area (Å²) >= 11 is 0. The van der Waals surface area contributed by atoms with Crippen LogP contribution in [0.15, 0.2) is 139 Å². The number of ether oxygens (including phenoxy) is 1. The van der Waals surface area contributed by atoms with Gasteiger partial charge in [0.2, 0.25) is 0 Å². The molecule has 2 heterocycles. The lowest BCUT2D eigenvalue weighted by molar-refractivity contribution is 0.178. The van der Waals surface area contributed by atoms with Crippen molar-refractivity contribution in [3.8, 4) is 0 Å². The van der Waals surface area contributed by atoms with Crippen molar-refractivity contribution in [3.63, 3.8) is 0 Å². The molecule has 214 valence electrons. The Kier molecular flexibility index (Phi) is 7.05. The van der Waals surface area contributed by atoms with Crippen LogP contribution in [0.4, 0.5) is 10.5 Å². The first kappa shape index (κ1) is 27.1. The lowest BCUT2D eigenvalue weighted by Gasteiger charge is -2.40. The third kappa shape index (κ3) is 4.53. The van der Waals surface area contributed by atoms with Crippen LogP contribution in [0.3, 0.4) is 0 Å². The highest BCUT2D eigenvalue weighted by molar-refractivity contribution is 5.94. The molecular formula is C38H35N3O2. The second-order valence-electron chi connectivity index (χ2n) is 11.4. The van der Waals surface area contributed by atoms with E-state index in [2.05, 4.69) is 139 Å². The van der Waals surface area contributed by atoms with E-state index in [0.717, 1.165) is 16.8 Å². The molecule has 2 aliphatic heterocycles. The summed E-state index contributed by atoms with van der Waals surface area (Å²) in [5.74, 6) is -0.0796. The number of amides is 1. The zero-order valence-corrected chi connectivity index (χ0v) is 24.7. The van der Waals surface area contributed by atoms with Crippen LogP contribution in [0.1, 0.15) is 40.3 Å². The van der Waals surface area contributed by atoms with Gasteiger partial charge in [0.25, 0.3) is 0 Å². The number of rotatable bonds is 4. The highest BCUT2D eigenvalue weighted by Gasteiger charge is 2.49. The first-order valence-corrected chi connectivity index (χ1v) is 14.8. The van der Waals surface area contributed by atoms with Gasteiger partial charge < -0.3 is 4.74 Å². The summed E-state index contributed by atoms with van der Waals surface area (Å²) < 4.78 is 5.32. The van der Waals surface area contributed by atoms with Gasteiger partial charge >= 0.3 is 6.09 Å². The Bertz CT molecular complexity index is 1750. The van der Waals surface area contributed by atoms with Gasteiger partial charge in [-0.05, 0) is 58.8 Å². The van der Waals surface area contributed by atoms with Crippen molar-refractivity contribution in [1.29, 1.82) is 0 Å². The fourth-order valence-corrected chi connectivity index (χ4v) is 7.38. The largest absolute Gasteiger partial charge is 0.452 e. The smallest absolute Gasteiger partial charge is 0.418 e. The number of hydrogen-bond donors (Lipinski definition) is 0. The van der Waals surface area contributed by atoms with Crippen LogP contribution in [0.2, 0.25) is 0 Å². The molecule has 5 aromatic carbocycles. The molecule has 0 aliphatic carbocycles. The van der Waals surface area contributed by atoms with Gasteiger partial charge in [0.1, 0.15) is 0 Å². The van der Waals surface area contributed by atoms with E-state index < -0.39 is 6.09 Å². The summed E-state index contributed by atoms with van der Waals surface area (Å²) in [5, 5.41) is 2.41. The number of benzene rings is 5. The molecule has 0 radical (unpaired) electrons. The molecule has 3 atom stereocenters. The highest BCUT2D eigenvalue weighted by atomic mass is 16.5. The summed E-state index contributed by atoms with van der Waals surface area (Å²) in [6.07, 6.45) is 1.52. The van der Waals surface area contributed by atoms with Gasteiger partial charge in [-0.1, -0.05) is 121 Å². The molecule has 1 amide bonds. The van der Waals surface area contributed by atoms with Crippen LogP contribution in [-0.4, -0.2) is 43.3 Å². The molecule has 5 nitrogen and oxygen atoms in total. The first-order valence-electron chi connectivity index (χ1n) is 14.8. The topological polar surface area (TPSA) is 36.0 Å². The number of carbonyl (C=O) groups excluding carboxylic acids is 1. The molecule has 5 heteroatoms. The minimum atomic E-state index is -0.399. The molecule has 2 aliphatic rings. The zero-order valence-electron chi connectivity index (χ0n) is 24.7. The summed E-state index contributed by atoms with van der Waals surface area (Å²) in [7, 11) is 5.87. The third-order valence-electron chi connectivity index (χ3n) is 9.15. The van der Waals surface area contributed by atoms with Crippen LogP contribution in [0.5, 0.6) is 0 Å². The fraction of sp³-hybridized carbons (Fsp3) is 0.184. The number of hydrogen-bond acceptors (Lipinski definition) is 4. The number of carbonyl (C=O) groups is 1. The van der Waals surface area contributed by atoms with Crippen LogP contribution < -0.4 is 4.90 Å². The lowest BCUT2D eigenvalue weighted by atomic mass is 9.78. The van der Waals surface area contributed by atoms with Crippen molar-refractivity contribution in [2.75, 3.05) is 26.1 Å². The molecule has 0 unspecified atom stereocenters. The van der Waals surface area contributed by atoms with E-state index in [0.29, 0.717) is 0 Å². The van der Waals surface area contributed by atoms with E-state index in [9.17, 15) is 4.79 Å². The van der Waals surface area contributed by atoms with Crippen LogP contribution in [-0.2, 0) is 4.74 Å². The molecular weight excluding hydrogens is 530 g/mol. The van der Waals surface area contributed by atoms with Gasteiger partial charge in [0, 0.05) is 12.1 Å². The summed E-state index contributed by atoms with van der Waals surface area (Å²) in [6, 6.07) is 45.0. The molecule has 0 saturated carbocycles. The monoisotopic (exact) mass is 565 g/mol. The van der Waals surface area contributed by atoms with Gasteiger partial charge in [0.15, 0.2) is 0 Å². The molecule has 43 heavy (non-hydrogen) atoms. The van der Waals surface area contributed by atoms with Gasteiger partial charge in [0.05, 0.1) is 31.0 Å². The molecule has 0 N–H and O–H groups in total. The van der Waals surface area contributed by atoms with Crippen molar-refractivity contribution >= 4 is 22.6 Å². The second kappa shape index (κ2) is 11.2. The maximum atomic E-state index is 13.3. The van der Waals surface area contributed by atoms with E-state index >= 15 is 0 Å². The fourth-order valence-electron chi connectivity index (χ4n) is 7.38. The molecule has 5 aromatic rings. The molecule has 0 aromatic heterocycles. The maximum absolute atomic E-state index is 13.3. The molecule has 0 spiro atoms. The average Bonchev–Trinajstić information content (AvgIpc) is 3.33. The van der Waals surface area contributed by atoms with Gasteiger partial charge in [-0.25, -0.2) is 4.79 Å². The molecule has 1 saturated heterocycles. The first-order chi connectivity index (χ1) is 21.1. The number of anilines is 1. The average molecular weight is 566 g/mol. The van der Waals surface area contributed by atoms with Crippen molar-refractivity contribution in [2.24, 2.45) is 0 Å². The van der Waals surface area contributed by atoms with Crippen LogP contribution in [0.25, 0.3) is 10.8 Å². The lowest BCUT2D eigenvalue weighted by Crippen LogP contribution is -2.42. The Balaban J connectivity index is 1.47. The highest BCUT2D eigenvalue weighted by Crippen LogP contribution is 2.52. The van der Waals surface area contributed by atoms with E-state index in [-0.39, 0.29) is 24.2 Å². The molecule has 7 rings (SSSR count). The van der Waals surface area contributed by atoms with Gasteiger partial charge in [-0.2, -0.15) is 0 Å². The molecule has 1 fully saturated rings. The second-order valence-corrected chi connectivity index (χ2v) is 11.4.